The zero-order chi connectivity index (χ0) is 17.7. The molecule has 0 aliphatic carbocycles. The number of rotatable bonds is 6. The lowest BCUT2D eigenvalue weighted by Gasteiger charge is -2.09. The van der Waals surface area contributed by atoms with Crippen molar-refractivity contribution in [2.75, 3.05) is 0 Å². The van der Waals surface area contributed by atoms with Gasteiger partial charge in [0.05, 0.1) is 11.8 Å². The standard InChI is InChI=1S/C18H18FNO4/c1-12(2)24-18(23)17(22)10-16(21)15-4-3-9-20(15)11-13-5-7-14(19)8-6-13/h3-10,12,21H,11H2,1-2H3/b16-10-. The summed E-state index contributed by atoms with van der Waals surface area (Å²) < 4.78 is 19.4. The molecule has 0 saturated carbocycles. The number of benzene rings is 1. The summed E-state index contributed by atoms with van der Waals surface area (Å²) in [6, 6.07) is 9.26. The number of aromatic nitrogens is 1. The maximum Gasteiger partial charge on any atom is 0.379 e. The van der Waals surface area contributed by atoms with Crippen LogP contribution in [0.15, 0.2) is 48.7 Å². The van der Waals surface area contributed by atoms with Crippen LogP contribution in [0.25, 0.3) is 5.76 Å². The lowest BCUT2D eigenvalue weighted by atomic mass is 10.2. The van der Waals surface area contributed by atoms with E-state index in [1.807, 2.05) is 0 Å². The van der Waals surface area contributed by atoms with Gasteiger partial charge in [0.1, 0.15) is 11.6 Å². The van der Waals surface area contributed by atoms with Crippen molar-refractivity contribution >= 4 is 17.5 Å². The Labute approximate surface area is 139 Å². The first-order valence-corrected chi connectivity index (χ1v) is 7.42. The Hall–Kier alpha value is -2.89. The third-order valence-corrected chi connectivity index (χ3v) is 3.17. The molecule has 6 heteroatoms. The van der Waals surface area contributed by atoms with Crippen molar-refractivity contribution in [1.29, 1.82) is 0 Å². The zero-order valence-corrected chi connectivity index (χ0v) is 13.4. The highest BCUT2D eigenvalue weighted by molar-refractivity contribution is 6.39. The average molecular weight is 331 g/mol. The Kier molecular flexibility index (Phi) is 5.52. The molecule has 5 nitrogen and oxygen atoms in total. The molecule has 0 saturated heterocycles. The molecule has 1 aromatic carbocycles. The molecule has 2 rings (SSSR count). The van der Waals surface area contributed by atoms with Crippen LogP contribution >= 0.6 is 0 Å². The van der Waals surface area contributed by atoms with Crippen molar-refractivity contribution < 1.29 is 23.8 Å². The van der Waals surface area contributed by atoms with Gasteiger partial charge in [-0.1, -0.05) is 12.1 Å². The van der Waals surface area contributed by atoms with Crippen LogP contribution in [0, 0.1) is 5.82 Å². The van der Waals surface area contributed by atoms with E-state index in [2.05, 4.69) is 0 Å². The maximum absolute atomic E-state index is 12.9. The number of hydrogen-bond donors (Lipinski definition) is 1. The van der Waals surface area contributed by atoms with Crippen LogP contribution in [0.5, 0.6) is 0 Å². The summed E-state index contributed by atoms with van der Waals surface area (Å²) in [5.41, 5.74) is 1.19. The van der Waals surface area contributed by atoms with Crippen molar-refractivity contribution in [2.45, 2.75) is 26.5 Å². The Morgan fingerprint density at radius 3 is 2.54 bits per heavy atom. The first-order valence-electron chi connectivity index (χ1n) is 7.42. The summed E-state index contributed by atoms with van der Waals surface area (Å²) in [4.78, 5) is 23.2. The first kappa shape index (κ1) is 17.5. The van der Waals surface area contributed by atoms with Crippen molar-refractivity contribution in [3.05, 3.63) is 65.7 Å². The molecule has 0 aliphatic rings. The van der Waals surface area contributed by atoms with Gasteiger partial charge in [-0.15, -0.1) is 0 Å². The fraction of sp³-hybridized carbons (Fsp3) is 0.222. The van der Waals surface area contributed by atoms with Gasteiger partial charge in [-0.05, 0) is 43.7 Å². The van der Waals surface area contributed by atoms with Crippen LogP contribution in [-0.4, -0.2) is 27.5 Å². The van der Waals surface area contributed by atoms with Gasteiger partial charge in [-0.3, -0.25) is 4.79 Å². The molecule has 24 heavy (non-hydrogen) atoms. The third kappa shape index (κ3) is 4.55. The van der Waals surface area contributed by atoms with E-state index in [4.69, 9.17) is 4.74 Å². The highest BCUT2D eigenvalue weighted by Gasteiger charge is 2.17. The molecular formula is C18H18FNO4. The van der Waals surface area contributed by atoms with Gasteiger partial charge in [-0.25, -0.2) is 9.18 Å². The monoisotopic (exact) mass is 331 g/mol. The summed E-state index contributed by atoms with van der Waals surface area (Å²) in [5, 5.41) is 10.1. The van der Waals surface area contributed by atoms with E-state index in [1.54, 1.807) is 48.9 Å². The highest BCUT2D eigenvalue weighted by Crippen LogP contribution is 2.15. The largest absolute Gasteiger partial charge is 0.506 e. The Bertz CT molecular complexity index is 760. The predicted octanol–water partition coefficient (Wildman–Crippen LogP) is 3.10. The number of carbonyl (C=O) groups excluding carboxylic acids is 2. The second kappa shape index (κ2) is 7.59. The van der Waals surface area contributed by atoms with E-state index in [-0.39, 0.29) is 11.6 Å². The topological polar surface area (TPSA) is 68.5 Å². The Balaban J connectivity index is 2.16. The number of aliphatic hydroxyl groups is 1. The van der Waals surface area contributed by atoms with Gasteiger partial charge >= 0.3 is 5.97 Å². The number of halogens is 1. The molecule has 0 bridgehead atoms. The first-order chi connectivity index (χ1) is 11.4. The maximum atomic E-state index is 12.9. The van der Waals surface area contributed by atoms with Gasteiger partial charge in [0.2, 0.25) is 0 Å². The number of esters is 1. The minimum Gasteiger partial charge on any atom is -0.506 e. The lowest BCUT2D eigenvalue weighted by molar-refractivity contribution is -0.154. The summed E-state index contributed by atoms with van der Waals surface area (Å²) in [7, 11) is 0. The van der Waals surface area contributed by atoms with Crippen LogP contribution in [0.2, 0.25) is 0 Å². The summed E-state index contributed by atoms with van der Waals surface area (Å²) in [6.45, 7) is 3.64. The van der Waals surface area contributed by atoms with Gasteiger partial charge in [0, 0.05) is 18.8 Å². The molecule has 1 N–H and O–H groups in total. The molecule has 0 aliphatic heterocycles. The Morgan fingerprint density at radius 1 is 1.25 bits per heavy atom. The molecule has 2 aromatic rings. The van der Waals surface area contributed by atoms with E-state index in [0.29, 0.717) is 12.2 Å². The number of carbonyl (C=O) groups is 2. The fourth-order valence-corrected chi connectivity index (χ4v) is 2.10. The minimum absolute atomic E-state index is 0.330. The molecule has 1 aromatic heterocycles. The minimum atomic E-state index is -1.02. The second-order valence-electron chi connectivity index (χ2n) is 5.50. The van der Waals surface area contributed by atoms with Crippen LogP contribution < -0.4 is 0 Å². The predicted molar refractivity (Wildman–Crippen MR) is 86.8 cm³/mol. The molecule has 0 atom stereocenters. The van der Waals surface area contributed by atoms with Crippen LogP contribution in [-0.2, 0) is 20.9 Å². The summed E-state index contributed by atoms with van der Waals surface area (Å²) in [6.07, 6.45) is 2.13. The number of nitrogens with zero attached hydrogens (tertiary/aromatic N) is 1. The lowest BCUT2D eigenvalue weighted by Crippen LogP contribution is -2.19. The number of ether oxygens (including phenoxy) is 1. The zero-order valence-electron chi connectivity index (χ0n) is 13.4. The van der Waals surface area contributed by atoms with E-state index in [0.717, 1.165) is 11.6 Å². The van der Waals surface area contributed by atoms with Crippen molar-refractivity contribution in [2.24, 2.45) is 0 Å². The molecule has 0 radical (unpaired) electrons. The van der Waals surface area contributed by atoms with Crippen molar-refractivity contribution in [3.63, 3.8) is 0 Å². The second-order valence-corrected chi connectivity index (χ2v) is 5.50. The SMILES string of the molecule is CC(C)OC(=O)C(=O)/C=C(\O)c1cccn1Cc1ccc(F)cc1. The van der Waals surface area contributed by atoms with Crippen molar-refractivity contribution in [1.82, 2.24) is 4.57 Å². The van der Waals surface area contributed by atoms with Crippen LogP contribution in [0.3, 0.4) is 0 Å². The van der Waals surface area contributed by atoms with Crippen LogP contribution in [0.4, 0.5) is 4.39 Å². The van der Waals surface area contributed by atoms with Gasteiger partial charge in [0.25, 0.3) is 5.78 Å². The summed E-state index contributed by atoms with van der Waals surface area (Å²) in [5.74, 6) is -2.62. The molecule has 0 spiro atoms. The van der Waals surface area contributed by atoms with Gasteiger partial charge < -0.3 is 14.4 Å². The Morgan fingerprint density at radius 2 is 1.92 bits per heavy atom. The fourth-order valence-electron chi connectivity index (χ4n) is 2.10. The van der Waals surface area contributed by atoms with Gasteiger partial charge in [0.15, 0.2) is 0 Å². The molecular weight excluding hydrogens is 313 g/mol. The van der Waals surface area contributed by atoms with E-state index in [9.17, 15) is 19.1 Å². The quantitative estimate of drug-likeness (QED) is 0.382. The van der Waals surface area contributed by atoms with E-state index in [1.165, 1.54) is 12.1 Å². The van der Waals surface area contributed by atoms with Gasteiger partial charge in [-0.2, -0.15) is 0 Å². The molecule has 0 fully saturated rings. The highest BCUT2D eigenvalue weighted by atomic mass is 19.1. The average Bonchev–Trinajstić information content (AvgIpc) is 2.97. The van der Waals surface area contributed by atoms with Crippen molar-refractivity contribution in [3.8, 4) is 0 Å². The molecule has 0 unspecified atom stereocenters. The third-order valence-electron chi connectivity index (χ3n) is 3.17. The molecule has 126 valence electrons. The smallest absolute Gasteiger partial charge is 0.379 e. The molecule has 1 heterocycles. The van der Waals surface area contributed by atoms with E-state index >= 15 is 0 Å². The normalized spacial score (nSPS) is 11.6. The summed E-state index contributed by atoms with van der Waals surface area (Å²) >= 11 is 0. The molecule has 0 amide bonds. The number of hydrogen-bond acceptors (Lipinski definition) is 4. The van der Waals surface area contributed by atoms with Crippen LogP contribution in [0.1, 0.15) is 25.1 Å². The number of ketones is 1. The number of aliphatic hydroxyl groups excluding tert-OH is 1. The van der Waals surface area contributed by atoms with E-state index < -0.39 is 17.9 Å².